The van der Waals surface area contributed by atoms with Gasteiger partial charge in [-0.3, -0.25) is 4.79 Å². The summed E-state index contributed by atoms with van der Waals surface area (Å²) in [7, 11) is 2.76. The molecule has 1 aliphatic rings. The highest BCUT2D eigenvalue weighted by Crippen LogP contribution is 2.45. The van der Waals surface area contributed by atoms with Crippen LogP contribution in [0.3, 0.4) is 0 Å². The number of carbonyl (C=O) groups is 2. The number of para-hydroxylation sites is 2. The van der Waals surface area contributed by atoms with Crippen LogP contribution in [0.15, 0.2) is 72.9 Å². The smallest absolute Gasteiger partial charge is 0.405 e. The number of Topliss-reactive ketones (excluding diaryl/α,β-unsaturated/α-hetero) is 1. The molecule has 10 nitrogen and oxygen atoms in total. The minimum absolute atomic E-state index is 0.0171. The summed E-state index contributed by atoms with van der Waals surface area (Å²) in [4.78, 5) is 36.9. The first-order valence-corrected chi connectivity index (χ1v) is 14.3. The van der Waals surface area contributed by atoms with E-state index < -0.39 is 35.9 Å². The van der Waals surface area contributed by atoms with Crippen molar-refractivity contribution in [2.45, 2.75) is 18.6 Å². The standard InChI is InChI=1S/C35H28F3N5O5/c1-47-26-12-5-3-8-21(26)14-15-28-34(32(45)46,17-16-22-9-4-6-13-27(22)48-2)30(44)29-23(18-24-19-41-33(40)42-31(24)39)10-7-11-25(29)43(28)20-35(36,37)38/h3-13,19,28H,18,20H2,1-2H3,(H,45,46)(H4,39,40,41,42). The molecule has 0 aliphatic carbocycles. The lowest BCUT2D eigenvalue weighted by molar-refractivity contribution is -0.144. The third-order valence-electron chi connectivity index (χ3n) is 7.68. The number of alkyl halides is 3. The second-order valence-corrected chi connectivity index (χ2v) is 10.6. The maximum Gasteiger partial charge on any atom is 0.405 e. The molecule has 0 fully saturated rings. The Morgan fingerprint density at radius 1 is 0.958 bits per heavy atom. The lowest BCUT2D eigenvalue weighted by Crippen LogP contribution is -2.61. The summed E-state index contributed by atoms with van der Waals surface area (Å²) in [5.41, 5.74) is 9.32. The van der Waals surface area contributed by atoms with Crippen molar-refractivity contribution in [3.8, 4) is 35.2 Å². The van der Waals surface area contributed by atoms with Gasteiger partial charge in [-0.2, -0.15) is 18.2 Å². The Labute approximate surface area is 273 Å². The Bertz CT molecular complexity index is 2030. The number of aromatic nitrogens is 2. The van der Waals surface area contributed by atoms with Crippen molar-refractivity contribution < 1.29 is 37.3 Å². The Morgan fingerprint density at radius 2 is 1.58 bits per heavy atom. The van der Waals surface area contributed by atoms with Crippen molar-refractivity contribution in [3.63, 3.8) is 0 Å². The van der Waals surface area contributed by atoms with Crippen LogP contribution in [0.1, 0.15) is 32.6 Å². The van der Waals surface area contributed by atoms with Gasteiger partial charge in [0.2, 0.25) is 11.4 Å². The third-order valence-corrected chi connectivity index (χ3v) is 7.68. The van der Waals surface area contributed by atoms with E-state index in [0.717, 1.165) is 4.90 Å². The lowest BCUT2D eigenvalue weighted by atomic mass is 9.69. The second-order valence-electron chi connectivity index (χ2n) is 10.6. The van der Waals surface area contributed by atoms with Crippen LogP contribution >= 0.6 is 0 Å². The minimum Gasteiger partial charge on any atom is -0.495 e. The van der Waals surface area contributed by atoms with Crippen LogP contribution in [0.2, 0.25) is 0 Å². The van der Waals surface area contributed by atoms with Gasteiger partial charge in [0.1, 0.15) is 29.9 Å². The highest BCUT2D eigenvalue weighted by Gasteiger charge is 2.59. The quantitative estimate of drug-likeness (QED) is 0.202. The topological polar surface area (TPSA) is 154 Å². The zero-order valence-corrected chi connectivity index (χ0v) is 25.6. The van der Waals surface area contributed by atoms with E-state index in [0.29, 0.717) is 11.3 Å². The van der Waals surface area contributed by atoms with Crippen LogP contribution in [-0.4, -0.2) is 59.8 Å². The predicted molar refractivity (Wildman–Crippen MR) is 171 cm³/mol. The number of carbonyl (C=O) groups excluding carboxylic acids is 1. The summed E-state index contributed by atoms with van der Waals surface area (Å²) in [6.45, 7) is -1.65. The van der Waals surface area contributed by atoms with Crippen molar-refractivity contribution in [1.82, 2.24) is 9.97 Å². The number of nitrogen functional groups attached to an aromatic ring is 2. The van der Waals surface area contributed by atoms with Gasteiger partial charge in [-0.25, -0.2) is 9.78 Å². The molecule has 244 valence electrons. The average Bonchev–Trinajstić information content (AvgIpc) is 3.05. The molecule has 1 aromatic heterocycles. The average molecular weight is 656 g/mol. The normalized spacial score (nSPS) is 16.9. The fourth-order valence-electron chi connectivity index (χ4n) is 5.46. The molecule has 0 amide bonds. The molecule has 0 saturated heterocycles. The number of rotatable bonds is 6. The molecular weight excluding hydrogens is 627 g/mol. The Hall–Kier alpha value is -6.21. The Kier molecular flexibility index (Phi) is 9.16. The van der Waals surface area contributed by atoms with Crippen LogP contribution in [-0.2, 0) is 11.2 Å². The molecule has 0 bridgehead atoms. The summed E-state index contributed by atoms with van der Waals surface area (Å²) in [6.07, 6.45) is -3.66. The number of benzene rings is 3. The second kappa shape index (κ2) is 13.3. The molecule has 3 aromatic carbocycles. The molecule has 5 rings (SSSR count). The largest absolute Gasteiger partial charge is 0.495 e. The maximum atomic E-state index is 14.8. The van der Waals surface area contributed by atoms with Crippen LogP contribution in [0, 0.1) is 29.1 Å². The first kappa shape index (κ1) is 33.2. The molecule has 4 aromatic rings. The number of fused-ring (bicyclic) bond motifs is 1. The molecule has 48 heavy (non-hydrogen) atoms. The highest BCUT2D eigenvalue weighted by molar-refractivity contribution is 6.21. The van der Waals surface area contributed by atoms with E-state index >= 15 is 0 Å². The molecule has 0 spiro atoms. The van der Waals surface area contributed by atoms with Gasteiger partial charge in [0.05, 0.1) is 25.3 Å². The number of ether oxygens (including phenoxy) is 2. The van der Waals surface area contributed by atoms with E-state index in [9.17, 15) is 27.9 Å². The van der Waals surface area contributed by atoms with Gasteiger partial charge < -0.3 is 30.9 Å². The fourth-order valence-corrected chi connectivity index (χ4v) is 5.46. The van der Waals surface area contributed by atoms with E-state index in [-0.39, 0.29) is 51.9 Å². The zero-order chi connectivity index (χ0) is 34.6. The number of nitrogens with zero attached hydrogens (tertiary/aromatic N) is 3. The summed E-state index contributed by atoms with van der Waals surface area (Å²) in [5, 5.41) is 10.9. The van der Waals surface area contributed by atoms with Gasteiger partial charge in [-0.1, -0.05) is 60.1 Å². The first-order valence-electron chi connectivity index (χ1n) is 14.3. The molecular formula is C35H28F3N5O5. The third kappa shape index (κ3) is 6.39. The molecule has 0 radical (unpaired) electrons. The van der Waals surface area contributed by atoms with Gasteiger partial charge >= 0.3 is 12.1 Å². The minimum atomic E-state index is -4.85. The SMILES string of the molecule is COc1ccccc1C#CC1N(CC(F)(F)F)c2cccc(Cc3cnc(N)nc3N)c2C(=O)C1(C#Cc1ccccc1OC)C(=O)O. The van der Waals surface area contributed by atoms with Gasteiger partial charge in [0.15, 0.2) is 5.78 Å². The predicted octanol–water partition coefficient (Wildman–Crippen LogP) is 4.36. The maximum absolute atomic E-state index is 14.8. The van der Waals surface area contributed by atoms with E-state index in [2.05, 4.69) is 33.6 Å². The van der Waals surface area contributed by atoms with Gasteiger partial charge in [-0.15, -0.1) is 0 Å². The van der Waals surface area contributed by atoms with E-state index in [1.165, 1.54) is 44.7 Å². The Morgan fingerprint density at radius 3 is 2.17 bits per heavy atom. The number of anilines is 3. The number of carboxylic acid groups (broad SMARTS) is 1. The number of hydrogen-bond acceptors (Lipinski definition) is 9. The number of aliphatic carboxylic acids is 1. The van der Waals surface area contributed by atoms with Crippen LogP contribution in [0.5, 0.6) is 11.5 Å². The molecule has 1 aliphatic heterocycles. The molecule has 0 saturated carbocycles. The lowest BCUT2D eigenvalue weighted by Gasteiger charge is -2.44. The molecule has 5 N–H and O–H groups in total. The zero-order valence-electron chi connectivity index (χ0n) is 25.6. The monoisotopic (exact) mass is 655 g/mol. The summed E-state index contributed by atoms with van der Waals surface area (Å²) in [6, 6.07) is 15.1. The number of halogens is 3. The van der Waals surface area contributed by atoms with E-state index in [1.54, 1.807) is 42.5 Å². The van der Waals surface area contributed by atoms with Crippen molar-refractivity contribution >= 4 is 29.2 Å². The molecule has 13 heteroatoms. The van der Waals surface area contributed by atoms with Crippen molar-refractivity contribution in [2.75, 3.05) is 37.1 Å². The number of hydrogen-bond donors (Lipinski definition) is 3. The van der Waals surface area contributed by atoms with E-state index in [1.807, 2.05) is 0 Å². The van der Waals surface area contributed by atoms with Crippen molar-refractivity contribution in [2.24, 2.45) is 5.41 Å². The summed E-state index contributed by atoms with van der Waals surface area (Å²) < 4.78 is 53.8. The highest BCUT2D eigenvalue weighted by atomic mass is 19.4. The number of nitrogens with two attached hydrogens (primary N) is 2. The van der Waals surface area contributed by atoms with Crippen LogP contribution < -0.4 is 25.8 Å². The number of carboxylic acids is 1. The first-order chi connectivity index (χ1) is 22.9. The molecule has 2 heterocycles. The van der Waals surface area contributed by atoms with E-state index in [4.69, 9.17) is 20.9 Å². The van der Waals surface area contributed by atoms with Gasteiger partial charge in [0, 0.05) is 29.4 Å². The Balaban J connectivity index is 1.84. The van der Waals surface area contributed by atoms with Gasteiger partial charge in [-0.05, 0) is 35.9 Å². The van der Waals surface area contributed by atoms with Gasteiger partial charge in [0.25, 0.3) is 0 Å². The summed E-state index contributed by atoms with van der Waals surface area (Å²) in [5.74, 6) is 8.30. The van der Waals surface area contributed by atoms with Crippen LogP contribution in [0.4, 0.5) is 30.6 Å². The van der Waals surface area contributed by atoms with Crippen LogP contribution in [0.25, 0.3) is 0 Å². The molecule has 2 unspecified atom stereocenters. The number of methoxy groups -OCH3 is 2. The number of ketones is 1. The van der Waals surface area contributed by atoms with Crippen molar-refractivity contribution in [3.05, 3.63) is 101 Å². The summed E-state index contributed by atoms with van der Waals surface area (Å²) >= 11 is 0. The fraction of sp³-hybridized carbons (Fsp3) is 0.200. The molecule has 2 atom stereocenters. The van der Waals surface area contributed by atoms with Crippen molar-refractivity contribution in [1.29, 1.82) is 0 Å².